The van der Waals surface area contributed by atoms with E-state index in [1.54, 1.807) is 64.1 Å². The Morgan fingerprint density at radius 2 is 1.77 bits per heavy atom. The zero-order valence-corrected chi connectivity index (χ0v) is 23.6. The van der Waals surface area contributed by atoms with Crippen molar-refractivity contribution >= 4 is 47.0 Å². The molecule has 1 aliphatic heterocycles. The first-order valence-corrected chi connectivity index (χ1v) is 13.6. The highest BCUT2D eigenvalue weighted by Gasteiger charge is 2.38. The molecule has 2 aromatic rings. The maximum atomic E-state index is 13.9. The molecule has 1 heterocycles. The molecule has 0 aromatic heterocycles. The van der Waals surface area contributed by atoms with E-state index in [9.17, 15) is 27.6 Å². The second-order valence-electron chi connectivity index (χ2n) is 10.2. The van der Waals surface area contributed by atoms with E-state index in [1.807, 2.05) is 0 Å². The second-order valence-corrected chi connectivity index (χ2v) is 12.0. The molecule has 0 aliphatic carbocycles. The Kier molecular flexibility index (Phi) is 9.82. The standard InChI is InChI=1S/C27H31ClF3N3O4S/c1-16-22(33-25(37)38-26(2,3)4)24(36)34(15-17-6-9-19(28)10-7-17)20-14-18(8-11-21(20)39-16)23(35)32-13-5-12-27(29,30)31/h6-11,14,16,22H,5,12-13,15H2,1-4H3,(H,32,35)(H,33,37)/t16-,22+/m1/s1. The Morgan fingerprint density at radius 3 is 2.38 bits per heavy atom. The monoisotopic (exact) mass is 585 g/mol. The first kappa shape index (κ1) is 30.6. The molecule has 2 N–H and O–H groups in total. The van der Waals surface area contributed by atoms with Crippen molar-refractivity contribution in [2.24, 2.45) is 0 Å². The van der Waals surface area contributed by atoms with E-state index in [1.165, 1.54) is 22.7 Å². The van der Waals surface area contributed by atoms with Crippen LogP contribution in [0.15, 0.2) is 47.4 Å². The molecule has 212 valence electrons. The molecule has 3 amide bonds. The van der Waals surface area contributed by atoms with Gasteiger partial charge >= 0.3 is 12.3 Å². The fourth-order valence-corrected chi connectivity index (χ4v) is 5.15. The van der Waals surface area contributed by atoms with Crippen molar-refractivity contribution < 1.29 is 32.3 Å². The highest BCUT2D eigenvalue weighted by molar-refractivity contribution is 8.00. The van der Waals surface area contributed by atoms with Gasteiger partial charge in [0.1, 0.15) is 11.6 Å². The van der Waals surface area contributed by atoms with Crippen molar-refractivity contribution in [2.45, 2.75) is 75.0 Å². The number of nitrogens with one attached hydrogen (secondary N) is 2. The van der Waals surface area contributed by atoms with Crippen LogP contribution in [0.3, 0.4) is 0 Å². The molecule has 2 aromatic carbocycles. The van der Waals surface area contributed by atoms with Gasteiger partial charge in [0.15, 0.2) is 0 Å². The smallest absolute Gasteiger partial charge is 0.408 e. The van der Waals surface area contributed by atoms with Crippen molar-refractivity contribution in [3.63, 3.8) is 0 Å². The summed E-state index contributed by atoms with van der Waals surface area (Å²) < 4.78 is 42.7. The molecule has 3 rings (SSSR count). The Hall–Kier alpha value is -2.92. The van der Waals surface area contributed by atoms with Gasteiger partial charge in [-0.05, 0) is 63.1 Å². The molecule has 12 heteroatoms. The second kappa shape index (κ2) is 12.5. The molecule has 0 bridgehead atoms. The molecular weight excluding hydrogens is 555 g/mol. The van der Waals surface area contributed by atoms with Crippen LogP contribution in [0.1, 0.15) is 56.5 Å². The van der Waals surface area contributed by atoms with Crippen molar-refractivity contribution in [3.05, 3.63) is 58.6 Å². The molecular formula is C27H31ClF3N3O4S. The van der Waals surface area contributed by atoms with Crippen LogP contribution < -0.4 is 15.5 Å². The third-order valence-electron chi connectivity index (χ3n) is 5.68. The molecule has 0 saturated heterocycles. The number of thioether (sulfide) groups is 1. The van der Waals surface area contributed by atoms with Gasteiger partial charge in [-0.3, -0.25) is 9.59 Å². The van der Waals surface area contributed by atoms with Crippen molar-refractivity contribution in [2.75, 3.05) is 11.4 Å². The van der Waals surface area contributed by atoms with Crippen molar-refractivity contribution in [1.29, 1.82) is 0 Å². The van der Waals surface area contributed by atoms with Gasteiger partial charge in [0, 0.05) is 33.7 Å². The predicted molar refractivity (Wildman–Crippen MR) is 145 cm³/mol. The summed E-state index contributed by atoms with van der Waals surface area (Å²) in [5.74, 6) is -0.957. The van der Waals surface area contributed by atoms with Crippen LogP contribution in [0.2, 0.25) is 5.02 Å². The highest BCUT2D eigenvalue weighted by atomic mass is 35.5. The maximum absolute atomic E-state index is 13.9. The number of halogens is 4. The summed E-state index contributed by atoms with van der Waals surface area (Å²) >= 11 is 7.38. The van der Waals surface area contributed by atoms with E-state index < -0.39 is 42.1 Å². The quantitative estimate of drug-likeness (QED) is 0.371. The number of hydrogen-bond donors (Lipinski definition) is 2. The number of alkyl halides is 3. The van der Waals surface area contributed by atoms with E-state index >= 15 is 0 Å². The lowest BCUT2D eigenvalue weighted by molar-refractivity contribution is -0.135. The minimum atomic E-state index is -4.30. The first-order valence-electron chi connectivity index (χ1n) is 12.3. The summed E-state index contributed by atoms with van der Waals surface area (Å²) in [6.07, 6.45) is -6.27. The lowest BCUT2D eigenvalue weighted by Gasteiger charge is -2.28. The SMILES string of the molecule is C[C@H]1Sc2ccc(C(=O)NCCCC(F)(F)F)cc2N(Cc2ccc(Cl)cc2)C(=O)[C@H]1NC(=O)OC(C)(C)C. The Morgan fingerprint density at radius 1 is 1.10 bits per heavy atom. The lowest BCUT2D eigenvalue weighted by Crippen LogP contribution is -2.52. The van der Waals surface area contributed by atoms with E-state index in [0.29, 0.717) is 15.6 Å². The number of carbonyl (C=O) groups is 3. The molecule has 0 unspecified atom stereocenters. The van der Waals surface area contributed by atoms with Crippen LogP contribution in [0, 0.1) is 0 Å². The maximum Gasteiger partial charge on any atom is 0.408 e. The first-order chi connectivity index (χ1) is 18.1. The average Bonchev–Trinajstić information content (AvgIpc) is 2.91. The number of fused-ring (bicyclic) bond motifs is 1. The van der Waals surface area contributed by atoms with Gasteiger partial charge in [-0.2, -0.15) is 13.2 Å². The third kappa shape index (κ3) is 9.06. The van der Waals surface area contributed by atoms with Crippen LogP contribution in [0.25, 0.3) is 0 Å². The number of nitrogens with zero attached hydrogens (tertiary/aromatic N) is 1. The topological polar surface area (TPSA) is 87.7 Å². The molecule has 0 spiro atoms. The van der Waals surface area contributed by atoms with Crippen LogP contribution in [0.4, 0.5) is 23.7 Å². The zero-order valence-electron chi connectivity index (χ0n) is 22.0. The van der Waals surface area contributed by atoms with Gasteiger partial charge in [-0.15, -0.1) is 11.8 Å². The Labute approximate surface area is 234 Å². The summed E-state index contributed by atoms with van der Waals surface area (Å²) in [6.45, 7) is 6.95. The van der Waals surface area contributed by atoms with E-state index in [2.05, 4.69) is 10.6 Å². The summed E-state index contributed by atoms with van der Waals surface area (Å²) in [7, 11) is 0. The number of hydrogen-bond acceptors (Lipinski definition) is 5. The number of ether oxygens (including phenoxy) is 1. The summed E-state index contributed by atoms with van der Waals surface area (Å²) in [6, 6.07) is 10.8. The minimum absolute atomic E-state index is 0.124. The number of alkyl carbamates (subject to hydrolysis) is 1. The molecule has 2 atom stereocenters. The number of benzene rings is 2. The van der Waals surface area contributed by atoms with Crippen LogP contribution in [-0.2, 0) is 16.1 Å². The van der Waals surface area contributed by atoms with Crippen molar-refractivity contribution in [1.82, 2.24) is 10.6 Å². The Balaban J connectivity index is 1.91. The van der Waals surface area contributed by atoms with E-state index in [-0.39, 0.29) is 30.3 Å². The normalized spacial score (nSPS) is 17.7. The van der Waals surface area contributed by atoms with Gasteiger partial charge in [0.25, 0.3) is 11.8 Å². The van der Waals surface area contributed by atoms with Gasteiger partial charge in [0.05, 0.1) is 12.2 Å². The van der Waals surface area contributed by atoms with Gasteiger partial charge in [-0.1, -0.05) is 30.7 Å². The average molecular weight is 586 g/mol. The predicted octanol–water partition coefficient (Wildman–Crippen LogP) is 6.33. The zero-order chi connectivity index (χ0) is 29.0. The Bertz CT molecular complexity index is 1200. The number of anilines is 1. The van der Waals surface area contributed by atoms with Crippen LogP contribution >= 0.6 is 23.4 Å². The van der Waals surface area contributed by atoms with Crippen LogP contribution in [0.5, 0.6) is 0 Å². The fourth-order valence-electron chi connectivity index (χ4n) is 3.87. The van der Waals surface area contributed by atoms with Crippen molar-refractivity contribution in [3.8, 4) is 0 Å². The molecule has 39 heavy (non-hydrogen) atoms. The summed E-state index contributed by atoms with van der Waals surface area (Å²) in [5.41, 5.74) is 0.642. The van der Waals surface area contributed by atoms with E-state index in [0.717, 1.165) is 5.56 Å². The largest absolute Gasteiger partial charge is 0.444 e. The summed E-state index contributed by atoms with van der Waals surface area (Å²) in [5, 5.41) is 5.34. The highest BCUT2D eigenvalue weighted by Crippen LogP contribution is 2.39. The third-order valence-corrected chi connectivity index (χ3v) is 7.17. The molecule has 1 aliphatic rings. The van der Waals surface area contributed by atoms with Gasteiger partial charge in [-0.25, -0.2) is 4.79 Å². The summed E-state index contributed by atoms with van der Waals surface area (Å²) in [4.78, 5) is 41.4. The molecule has 7 nitrogen and oxygen atoms in total. The molecule has 0 radical (unpaired) electrons. The number of amides is 3. The van der Waals surface area contributed by atoms with Gasteiger partial charge in [0.2, 0.25) is 0 Å². The molecule has 0 saturated carbocycles. The number of rotatable bonds is 7. The van der Waals surface area contributed by atoms with Gasteiger partial charge < -0.3 is 20.3 Å². The van der Waals surface area contributed by atoms with E-state index in [4.69, 9.17) is 16.3 Å². The lowest BCUT2D eigenvalue weighted by atomic mass is 10.1. The number of carbonyl (C=O) groups excluding carboxylic acids is 3. The minimum Gasteiger partial charge on any atom is -0.444 e. The fraction of sp³-hybridized carbons (Fsp3) is 0.444. The van der Waals surface area contributed by atoms with Crippen LogP contribution in [-0.4, -0.2) is 47.5 Å². The molecule has 0 fully saturated rings.